The molecule has 0 saturated heterocycles. The molecule has 0 amide bonds. The molecular weight excluding hydrogens is 519 g/mol. The minimum absolute atomic E-state index is 0. The SMILES string of the molecule is Cl.Cl.NCC1(c2cccc(Cl)c2)CCC(n2nc(-c3ccc(S(N)(=O)=O)cc3)ccc2=O)CC1. The van der Waals surface area contributed by atoms with Crippen LogP contribution in [0.5, 0.6) is 0 Å². The Labute approximate surface area is 216 Å². The van der Waals surface area contributed by atoms with E-state index in [1.54, 1.807) is 22.9 Å². The standard InChI is InChI=1S/C23H25ClN4O3S.2ClH/c24-18-3-1-2-17(14-18)23(15-25)12-10-19(11-13-23)28-22(29)9-8-21(27-28)16-4-6-20(7-5-16)32(26,30)31;;/h1-9,14,19H,10-13,15,25H2,(H2,26,30,31);2*1H. The molecule has 34 heavy (non-hydrogen) atoms. The molecule has 0 bridgehead atoms. The Morgan fingerprint density at radius 1 is 1.03 bits per heavy atom. The minimum atomic E-state index is -3.77. The fourth-order valence-corrected chi connectivity index (χ4v) is 5.19. The van der Waals surface area contributed by atoms with Gasteiger partial charge in [-0.05, 0) is 61.6 Å². The number of rotatable bonds is 5. The molecular formula is C23H27Cl3N4O3S. The van der Waals surface area contributed by atoms with Crippen LogP contribution in [-0.4, -0.2) is 24.7 Å². The Kier molecular flexibility index (Phi) is 9.32. The van der Waals surface area contributed by atoms with E-state index < -0.39 is 10.0 Å². The van der Waals surface area contributed by atoms with Crippen molar-refractivity contribution in [1.82, 2.24) is 9.78 Å². The molecule has 4 N–H and O–H groups in total. The summed E-state index contributed by atoms with van der Waals surface area (Å²) < 4.78 is 24.5. The number of halogens is 3. The Bertz CT molecular complexity index is 1290. The van der Waals surface area contributed by atoms with E-state index in [1.165, 1.54) is 18.2 Å². The van der Waals surface area contributed by atoms with Gasteiger partial charge < -0.3 is 5.73 Å². The van der Waals surface area contributed by atoms with Crippen LogP contribution in [0.4, 0.5) is 0 Å². The maximum atomic E-state index is 12.6. The van der Waals surface area contributed by atoms with Crippen molar-refractivity contribution in [3.8, 4) is 11.3 Å². The van der Waals surface area contributed by atoms with Crippen LogP contribution in [0.15, 0.2) is 70.4 Å². The summed E-state index contributed by atoms with van der Waals surface area (Å²) in [6.07, 6.45) is 3.20. The fourth-order valence-electron chi connectivity index (χ4n) is 4.48. The number of aromatic nitrogens is 2. The quantitative estimate of drug-likeness (QED) is 0.501. The number of benzene rings is 2. The van der Waals surface area contributed by atoms with Crippen LogP contribution in [0.3, 0.4) is 0 Å². The lowest BCUT2D eigenvalue weighted by molar-refractivity contribution is 0.222. The molecule has 2 aromatic carbocycles. The first-order chi connectivity index (χ1) is 15.2. The van der Waals surface area contributed by atoms with Gasteiger partial charge in [0.25, 0.3) is 5.56 Å². The van der Waals surface area contributed by atoms with Gasteiger partial charge in [0.1, 0.15) is 0 Å². The van der Waals surface area contributed by atoms with Gasteiger partial charge in [0.05, 0.1) is 16.6 Å². The van der Waals surface area contributed by atoms with E-state index >= 15 is 0 Å². The first-order valence-electron chi connectivity index (χ1n) is 10.4. The topological polar surface area (TPSA) is 121 Å². The predicted molar refractivity (Wildman–Crippen MR) is 139 cm³/mol. The molecule has 1 aromatic heterocycles. The largest absolute Gasteiger partial charge is 0.330 e. The van der Waals surface area contributed by atoms with E-state index in [0.29, 0.717) is 22.8 Å². The second-order valence-electron chi connectivity index (χ2n) is 8.30. The molecule has 0 atom stereocenters. The van der Waals surface area contributed by atoms with Crippen LogP contribution in [0.1, 0.15) is 37.3 Å². The van der Waals surface area contributed by atoms with Gasteiger partial charge in [-0.2, -0.15) is 5.10 Å². The summed E-state index contributed by atoms with van der Waals surface area (Å²) in [5.74, 6) is 0. The van der Waals surface area contributed by atoms with Gasteiger partial charge in [-0.3, -0.25) is 4.79 Å². The van der Waals surface area contributed by atoms with Gasteiger partial charge in [0.15, 0.2) is 0 Å². The summed E-state index contributed by atoms with van der Waals surface area (Å²) in [5.41, 5.74) is 8.31. The van der Waals surface area contributed by atoms with Crippen molar-refractivity contribution in [2.75, 3.05) is 6.54 Å². The van der Waals surface area contributed by atoms with Crippen molar-refractivity contribution in [3.05, 3.63) is 81.6 Å². The summed E-state index contributed by atoms with van der Waals surface area (Å²) in [5, 5.41) is 10.4. The molecule has 1 aliphatic carbocycles. The zero-order valence-corrected chi connectivity index (χ0v) is 21.5. The Morgan fingerprint density at radius 3 is 2.24 bits per heavy atom. The zero-order valence-electron chi connectivity index (χ0n) is 18.3. The van der Waals surface area contributed by atoms with Crippen molar-refractivity contribution < 1.29 is 8.42 Å². The van der Waals surface area contributed by atoms with Crippen LogP contribution in [0, 0.1) is 0 Å². The number of primary sulfonamides is 1. The number of nitrogens with zero attached hydrogens (tertiary/aromatic N) is 2. The maximum absolute atomic E-state index is 12.6. The van der Waals surface area contributed by atoms with Crippen LogP contribution < -0.4 is 16.4 Å². The zero-order chi connectivity index (χ0) is 22.9. The van der Waals surface area contributed by atoms with Gasteiger partial charge in [-0.15, -0.1) is 24.8 Å². The number of hydrogen-bond acceptors (Lipinski definition) is 5. The highest BCUT2D eigenvalue weighted by atomic mass is 35.5. The molecule has 0 unspecified atom stereocenters. The van der Waals surface area contributed by atoms with Gasteiger partial charge in [0.2, 0.25) is 10.0 Å². The lowest BCUT2D eigenvalue weighted by Gasteiger charge is -2.40. The number of nitrogens with two attached hydrogens (primary N) is 2. The average Bonchev–Trinajstić information content (AvgIpc) is 2.79. The molecule has 0 aliphatic heterocycles. The first kappa shape index (κ1) is 28.3. The van der Waals surface area contributed by atoms with Gasteiger partial charge in [-0.25, -0.2) is 18.2 Å². The van der Waals surface area contributed by atoms with Gasteiger partial charge in [0, 0.05) is 28.6 Å². The minimum Gasteiger partial charge on any atom is -0.330 e. The van der Waals surface area contributed by atoms with Crippen molar-refractivity contribution in [1.29, 1.82) is 0 Å². The molecule has 7 nitrogen and oxygen atoms in total. The van der Waals surface area contributed by atoms with Crippen LogP contribution in [-0.2, 0) is 15.4 Å². The average molecular weight is 546 g/mol. The monoisotopic (exact) mass is 544 g/mol. The van der Waals surface area contributed by atoms with E-state index in [4.69, 9.17) is 22.5 Å². The summed E-state index contributed by atoms with van der Waals surface area (Å²) in [6.45, 7) is 0.513. The Balaban J connectivity index is 0.00000204. The van der Waals surface area contributed by atoms with Crippen molar-refractivity contribution in [3.63, 3.8) is 0 Å². The van der Waals surface area contributed by atoms with E-state index in [2.05, 4.69) is 11.2 Å². The Hall–Kier alpha value is -1.94. The third-order valence-corrected chi connectivity index (χ3v) is 7.55. The van der Waals surface area contributed by atoms with Crippen molar-refractivity contribution in [2.45, 2.75) is 42.0 Å². The Morgan fingerprint density at radius 2 is 1.68 bits per heavy atom. The second kappa shape index (κ2) is 11.2. The third-order valence-electron chi connectivity index (χ3n) is 6.39. The maximum Gasteiger partial charge on any atom is 0.267 e. The van der Waals surface area contributed by atoms with Crippen molar-refractivity contribution in [2.24, 2.45) is 10.9 Å². The highest BCUT2D eigenvalue weighted by Gasteiger charge is 2.37. The highest BCUT2D eigenvalue weighted by Crippen LogP contribution is 2.42. The molecule has 1 saturated carbocycles. The second-order valence-corrected chi connectivity index (χ2v) is 10.3. The molecule has 1 aliphatic rings. The van der Waals surface area contributed by atoms with Crippen LogP contribution >= 0.6 is 36.4 Å². The number of hydrogen-bond donors (Lipinski definition) is 2. The summed E-state index contributed by atoms with van der Waals surface area (Å²) in [7, 11) is -3.77. The molecule has 184 valence electrons. The summed E-state index contributed by atoms with van der Waals surface area (Å²) in [4.78, 5) is 12.6. The first-order valence-corrected chi connectivity index (χ1v) is 12.3. The van der Waals surface area contributed by atoms with Gasteiger partial charge >= 0.3 is 0 Å². The van der Waals surface area contributed by atoms with Crippen LogP contribution in [0.2, 0.25) is 5.02 Å². The van der Waals surface area contributed by atoms with E-state index in [1.807, 2.05) is 18.2 Å². The van der Waals surface area contributed by atoms with Crippen LogP contribution in [0.25, 0.3) is 11.3 Å². The van der Waals surface area contributed by atoms with E-state index in [0.717, 1.165) is 31.2 Å². The smallest absolute Gasteiger partial charge is 0.267 e. The van der Waals surface area contributed by atoms with E-state index in [9.17, 15) is 13.2 Å². The highest BCUT2D eigenvalue weighted by molar-refractivity contribution is 7.89. The molecule has 4 rings (SSSR count). The third kappa shape index (κ3) is 5.82. The lowest BCUT2D eigenvalue weighted by Crippen LogP contribution is -2.41. The molecule has 0 radical (unpaired) electrons. The normalized spacial score (nSPS) is 20.1. The predicted octanol–water partition coefficient (Wildman–Crippen LogP) is 4.07. The van der Waals surface area contributed by atoms with E-state index in [-0.39, 0.29) is 46.7 Å². The molecule has 3 aromatic rings. The summed E-state index contributed by atoms with van der Waals surface area (Å²) >= 11 is 6.20. The molecule has 11 heteroatoms. The number of sulfonamides is 1. The van der Waals surface area contributed by atoms with Gasteiger partial charge in [-0.1, -0.05) is 35.9 Å². The summed E-state index contributed by atoms with van der Waals surface area (Å²) in [6, 6.07) is 17.1. The molecule has 1 heterocycles. The fraction of sp³-hybridized carbons (Fsp3) is 0.304. The lowest BCUT2D eigenvalue weighted by atomic mass is 9.68. The molecule has 0 spiro atoms. The van der Waals surface area contributed by atoms with Crippen molar-refractivity contribution >= 4 is 46.4 Å². The molecule has 1 fully saturated rings.